The zero-order valence-corrected chi connectivity index (χ0v) is 18.4. The Morgan fingerprint density at radius 1 is 1.23 bits per heavy atom. The molecule has 4 N–H and O–H groups in total. The van der Waals surface area contributed by atoms with Crippen LogP contribution in [0.25, 0.3) is 21.9 Å². The summed E-state index contributed by atoms with van der Waals surface area (Å²) in [5, 5.41) is 0.857. The Kier molecular flexibility index (Phi) is 6.79. The monoisotopic (exact) mass is 436 g/mol. The van der Waals surface area contributed by atoms with Gasteiger partial charge < -0.3 is 24.8 Å². The van der Waals surface area contributed by atoms with E-state index in [1.165, 1.54) is 0 Å². The second-order valence-corrected chi connectivity index (χ2v) is 8.82. The summed E-state index contributed by atoms with van der Waals surface area (Å²) in [5.41, 5.74) is 7.48. The molecule has 0 aliphatic carbocycles. The lowest BCUT2D eigenvalue weighted by atomic mass is 9.94. The van der Waals surface area contributed by atoms with Gasteiger partial charge in [-0.1, -0.05) is 38.0 Å². The zero-order valence-electron chi connectivity index (χ0n) is 17.5. The highest BCUT2D eigenvalue weighted by atomic mass is 31.2. The summed E-state index contributed by atoms with van der Waals surface area (Å²) >= 11 is 0. The molecule has 0 saturated carbocycles. The average molecular weight is 436 g/mol. The Morgan fingerprint density at radius 2 is 1.97 bits per heavy atom. The van der Waals surface area contributed by atoms with Crippen molar-refractivity contribution < 1.29 is 23.6 Å². The van der Waals surface area contributed by atoms with E-state index in [9.17, 15) is 14.4 Å². The molecule has 0 spiro atoms. The molecular weight excluding hydrogens is 407 g/mol. The predicted molar refractivity (Wildman–Crippen MR) is 116 cm³/mol. The fraction of sp³-hybridized carbons (Fsp3) is 0.500. The van der Waals surface area contributed by atoms with E-state index < -0.39 is 13.4 Å². The number of nitrogen functional groups attached to an aromatic ring is 1. The van der Waals surface area contributed by atoms with Crippen molar-refractivity contribution in [3.63, 3.8) is 0 Å². The first-order chi connectivity index (χ1) is 14.2. The van der Waals surface area contributed by atoms with E-state index in [2.05, 4.69) is 11.9 Å². The maximum Gasteiger partial charge on any atom is 0.469 e. The third-order valence-corrected chi connectivity index (χ3v) is 5.64. The summed E-state index contributed by atoms with van der Waals surface area (Å²) in [6, 6.07) is 7.61. The molecule has 10 heteroatoms. The lowest BCUT2D eigenvalue weighted by Crippen LogP contribution is -2.36. The number of para-hydroxylation sites is 1. The van der Waals surface area contributed by atoms with Crippen LogP contribution in [-0.4, -0.2) is 37.5 Å². The van der Waals surface area contributed by atoms with Gasteiger partial charge in [-0.05, 0) is 26.3 Å². The van der Waals surface area contributed by atoms with E-state index in [4.69, 9.17) is 20.0 Å². The van der Waals surface area contributed by atoms with E-state index in [0.29, 0.717) is 30.2 Å². The fourth-order valence-corrected chi connectivity index (χ4v) is 4.19. The lowest BCUT2D eigenvalue weighted by molar-refractivity contribution is 0.0955. The molecular formula is C20H29N4O5P. The van der Waals surface area contributed by atoms with Crippen LogP contribution < -0.4 is 5.73 Å². The van der Waals surface area contributed by atoms with Crippen LogP contribution in [0.1, 0.15) is 45.9 Å². The van der Waals surface area contributed by atoms with Crippen molar-refractivity contribution in [1.29, 1.82) is 0 Å². The van der Waals surface area contributed by atoms with Gasteiger partial charge in [0, 0.05) is 12.0 Å². The molecule has 30 heavy (non-hydrogen) atoms. The summed E-state index contributed by atoms with van der Waals surface area (Å²) < 4.78 is 24.1. The highest BCUT2D eigenvalue weighted by molar-refractivity contribution is 7.46. The summed E-state index contributed by atoms with van der Waals surface area (Å²) in [5.74, 6) is 0.915. The van der Waals surface area contributed by atoms with E-state index in [0.717, 1.165) is 29.3 Å². The van der Waals surface area contributed by atoms with Gasteiger partial charge in [0.1, 0.15) is 17.9 Å². The lowest BCUT2D eigenvalue weighted by Gasteiger charge is -2.33. The van der Waals surface area contributed by atoms with Crippen molar-refractivity contribution >= 4 is 35.6 Å². The van der Waals surface area contributed by atoms with E-state index in [-0.39, 0.29) is 13.2 Å². The molecule has 2 aromatic heterocycles. The molecule has 0 radical (unpaired) electrons. The van der Waals surface area contributed by atoms with Crippen molar-refractivity contribution in [3.05, 3.63) is 30.1 Å². The van der Waals surface area contributed by atoms with Crippen molar-refractivity contribution in [1.82, 2.24) is 14.5 Å². The second kappa shape index (κ2) is 8.99. The Bertz CT molecular complexity index is 1080. The number of phosphoric ester groups is 1. The molecule has 0 saturated heterocycles. The highest BCUT2D eigenvalue weighted by Gasteiger charge is 2.34. The Balaban J connectivity index is 2.31. The molecule has 3 rings (SSSR count). The van der Waals surface area contributed by atoms with Gasteiger partial charge in [0.2, 0.25) is 0 Å². The second-order valence-electron chi connectivity index (χ2n) is 7.58. The number of aromatic nitrogens is 3. The molecule has 0 aliphatic heterocycles. The van der Waals surface area contributed by atoms with Crippen LogP contribution in [0.15, 0.2) is 24.3 Å². The Morgan fingerprint density at radius 3 is 2.63 bits per heavy atom. The first-order valence-electron chi connectivity index (χ1n) is 10.0. The molecule has 1 aromatic carbocycles. The number of hydrogen-bond donors (Lipinski definition) is 3. The topological polar surface area (TPSA) is 133 Å². The first-order valence-corrected chi connectivity index (χ1v) is 11.6. The number of hydrogen-bond acceptors (Lipinski definition) is 6. The molecule has 0 fully saturated rings. The molecule has 0 amide bonds. The smallest absolute Gasteiger partial charge is 0.382 e. The van der Waals surface area contributed by atoms with Crippen LogP contribution >= 0.6 is 7.82 Å². The van der Waals surface area contributed by atoms with E-state index in [1.807, 2.05) is 42.7 Å². The van der Waals surface area contributed by atoms with Gasteiger partial charge in [-0.25, -0.2) is 14.5 Å². The zero-order chi connectivity index (χ0) is 21.9. The van der Waals surface area contributed by atoms with Crippen molar-refractivity contribution in [3.8, 4) is 0 Å². The van der Waals surface area contributed by atoms with Crippen LogP contribution in [0.4, 0.5) is 5.82 Å². The fourth-order valence-electron chi connectivity index (χ4n) is 3.75. The number of rotatable bonds is 10. The van der Waals surface area contributed by atoms with Gasteiger partial charge in [-0.15, -0.1) is 0 Å². The molecule has 0 bridgehead atoms. The van der Waals surface area contributed by atoms with Gasteiger partial charge in [0.15, 0.2) is 5.82 Å². The number of nitrogens with zero attached hydrogens (tertiary/aromatic N) is 3. The van der Waals surface area contributed by atoms with E-state index >= 15 is 0 Å². The maximum atomic E-state index is 11.5. The normalized spacial score (nSPS) is 14.4. The molecule has 1 atom stereocenters. The van der Waals surface area contributed by atoms with Gasteiger partial charge in [-0.3, -0.25) is 4.52 Å². The number of phosphoric acid groups is 1. The van der Waals surface area contributed by atoms with Crippen LogP contribution in [-0.2, 0) is 26.0 Å². The third kappa shape index (κ3) is 4.66. The number of anilines is 1. The summed E-state index contributed by atoms with van der Waals surface area (Å²) in [7, 11) is -4.65. The van der Waals surface area contributed by atoms with Gasteiger partial charge in [0.25, 0.3) is 0 Å². The quantitative estimate of drug-likeness (QED) is 0.410. The van der Waals surface area contributed by atoms with Crippen LogP contribution in [0.3, 0.4) is 0 Å². The number of benzene rings is 1. The van der Waals surface area contributed by atoms with Crippen LogP contribution in [0, 0.1) is 0 Å². The minimum atomic E-state index is -4.65. The van der Waals surface area contributed by atoms with E-state index in [1.54, 1.807) is 0 Å². The van der Waals surface area contributed by atoms with Crippen LogP contribution in [0.2, 0.25) is 0 Å². The SMILES string of the molecule is CCCCC(C)(COP(=O)(O)O)n1c(COCC)nc2c(N)nc3ccccc3c21. The number of imidazole rings is 1. The molecule has 9 nitrogen and oxygen atoms in total. The minimum Gasteiger partial charge on any atom is -0.382 e. The molecule has 2 heterocycles. The van der Waals surface area contributed by atoms with Gasteiger partial charge in [0.05, 0.1) is 23.2 Å². The third-order valence-electron chi connectivity index (χ3n) is 5.18. The predicted octanol–water partition coefficient (Wildman–Crippen LogP) is 3.72. The maximum absolute atomic E-state index is 11.5. The van der Waals surface area contributed by atoms with Crippen molar-refractivity contribution in [2.45, 2.75) is 52.2 Å². The number of ether oxygens (including phenoxy) is 1. The number of fused-ring (bicyclic) bond motifs is 3. The largest absolute Gasteiger partial charge is 0.469 e. The number of nitrogens with two attached hydrogens (primary N) is 1. The standard InChI is InChI=1S/C20H29N4O5P/c1-4-6-11-20(3,13-29-30(25,26)27)24-16(12-28-5-2)23-17-18(24)14-9-7-8-10-15(14)22-19(17)21/h7-10H,4-6,11-13H2,1-3H3,(H2,21,22)(H2,25,26,27). The summed E-state index contributed by atoms with van der Waals surface area (Å²) in [6.45, 7) is 6.43. The summed E-state index contributed by atoms with van der Waals surface area (Å²) in [6.07, 6.45) is 2.39. The molecule has 1 unspecified atom stereocenters. The van der Waals surface area contributed by atoms with Crippen molar-refractivity contribution in [2.24, 2.45) is 0 Å². The number of pyridine rings is 1. The first kappa shape index (κ1) is 22.7. The molecule has 3 aromatic rings. The van der Waals surface area contributed by atoms with Crippen LogP contribution in [0.5, 0.6) is 0 Å². The molecule has 0 aliphatic rings. The Hall–Kier alpha value is -2.03. The van der Waals surface area contributed by atoms with Gasteiger partial charge in [-0.2, -0.15) is 0 Å². The summed E-state index contributed by atoms with van der Waals surface area (Å²) in [4.78, 5) is 27.9. The minimum absolute atomic E-state index is 0.182. The average Bonchev–Trinajstić information content (AvgIpc) is 3.10. The highest BCUT2D eigenvalue weighted by Crippen LogP contribution is 2.41. The number of unbranched alkanes of at least 4 members (excludes halogenated alkanes) is 1. The van der Waals surface area contributed by atoms with Gasteiger partial charge >= 0.3 is 7.82 Å². The van der Waals surface area contributed by atoms with Crippen molar-refractivity contribution in [2.75, 3.05) is 18.9 Å². The Labute approximate surface area is 175 Å². The molecule has 164 valence electrons.